The zero-order chi connectivity index (χ0) is 30.6. The third-order valence-corrected chi connectivity index (χ3v) is 8.10. The molecule has 0 fully saturated rings. The Morgan fingerprint density at radius 1 is 0.511 bits per heavy atom. The van der Waals surface area contributed by atoms with Gasteiger partial charge in [0.05, 0.1) is 5.70 Å². The van der Waals surface area contributed by atoms with Gasteiger partial charge in [-0.3, -0.25) is 4.98 Å². The molecule has 0 aliphatic rings. The predicted molar refractivity (Wildman–Crippen MR) is 191 cm³/mol. The first kappa shape index (κ1) is 27.9. The van der Waals surface area contributed by atoms with Gasteiger partial charge < -0.3 is 0 Å². The zero-order valence-corrected chi connectivity index (χ0v) is 25.1. The van der Waals surface area contributed by atoms with Crippen LogP contribution in [0.4, 0.5) is 0 Å². The predicted octanol–water partition coefficient (Wildman–Crippen LogP) is 10.6. The van der Waals surface area contributed by atoms with Crippen molar-refractivity contribution in [1.82, 2.24) is 4.98 Å². The van der Waals surface area contributed by atoms with Crippen molar-refractivity contribution in [2.75, 3.05) is 0 Å². The van der Waals surface area contributed by atoms with Crippen LogP contribution in [0.2, 0.25) is 0 Å². The van der Waals surface area contributed by atoms with E-state index in [-0.39, 0.29) is 0 Å². The van der Waals surface area contributed by atoms with Crippen molar-refractivity contribution in [2.24, 2.45) is 9.98 Å². The van der Waals surface area contributed by atoms with Gasteiger partial charge in [0.1, 0.15) is 0 Å². The summed E-state index contributed by atoms with van der Waals surface area (Å²) in [5.41, 5.74) is 9.09. The summed E-state index contributed by atoms with van der Waals surface area (Å²) in [5, 5.41) is 4.76. The average molecular weight is 578 g/mol. The zero-order valence-electron chi connectivity index (χ0n) is 25.1. The third kappa shape index (κ3) is 5.60. The summed E-state index contributed by atoms with van der Waals surface area (Å²) >= 11 is 0. The van der Waals surface area contributed by atoms with Gasteiger partial charge in [-0.1, -0.05) is 140 Å². The summed E-state index contributed by atoms with van der Waals surface area (Å²) in [5.74, 6) is 0.629. The number of hydrogen-bond acceptors (Lipinski definition) is 2. The van der Waals surface area contributed by atoms with E-state index in [0.717, 1.165) is 33.5 Å². The van der Waals surface area contributed by atoms with E-state index in [1.807, 2.05) is 73.9 Å². The minimum atomic E-state index is 0.629. The summed E-state index contributed by atoms with van der Waals surface area (Å²) in [4.78, 5) is 14.4. The number of benzene rings is 6. The first-order chi connectivity index (χ1) is 22.2. The molecule has 0 radical (unpaired) electrons. The molecular weight excluding hydrogens is 546 g/mol. The number of hydrogen-bond donors (Lipinski definition) is 0. The van der Waals surface area contributed by atoms with E-state index < -0.39 is 0 Å². The highest BCUT2D eigenvalue weighted by Crippen LogP contribution is 2.43. The van der Waals surface area contributed by atoms with E-state index in [2.05, 4.69) is 103 Å². The second-order valence-electron chi connectivity index (χ2n) is 11.0. The van der Waals surface area contributed by atoms with Gasteiger partial charge in [-0.2, -0.15) is 0 Å². The molecular formula is C42H31N3. The lowest BCUT2D eigenvalue weighted by Crippen LogP contribution is -2.04. The minimum absolute atomic E-state index is 0.629. The molecule has 0 aliphatic carbocycles. The van der Waals surface area contributed by atoms with E-state index in [9.17, 15) is 0 Å². The van der Waals surface area contributed by atoms with Crippen LogP contribution in [-0.2, 0) is 0 Å². The smallest absolute Gasteiger partial charge is 0.160 e. The molecule has 214 valence electrons. The maximum atomic E-state index is 5.02. The Morgan fingerprint density at radius 3 is 1.60 bits per heavy atom. The largest absolute Gasteiger partial charge is 0.264 e. The summed E-state index contributed by atoms with van der Waals surface area (Å²) in [6.07, 6.45) is 3.77. The van der Waals surface area contributed by atoms with Gasteiger partial charge in [0.25, 0.3) is 0 Å². The molecule has 0 N–H and O–H groups in total. The molecule has 0 saturated heterocycles. The van der Waals surface area contributed by atoms with Crippen LogP contribution in [0, 0.1) is 0 Å². The van der Waals surface area contributed by atoms with Gasteiger partial charge in [0, 0.05) is 34.8 Å². The highest BCUT2D eigenvalue weighted by molar-refractivity contribution is 6.21. The minimum Gasteiger partial charge on any atom is -0.264 e. The topological polar surface area (TPSA) is 37.6 Å². The van der Waals surface area contributed by atoms with Crippen molar-refractivity contribution >= 4 is 38.8 Å². The van der Waals surface area contributed by atoms with Gasteiger partial charge >= 0.3 is 0 Å². The molecule has 1 aromatic heterocycles. The highest BCUT2D eigenvalue weighted by Gasteiger charge is 2.17. The van der Waals surface area contributed by atoms with Crippen LogP contribution in [0.5, 0.6) is 0 Å². The number of nitrogens with zero attached hydrogens (tertiary/aromatic N) is 3. The van der Waals surface area contributed by atoms with Crippen molar-refractivity contribution in [3.8, 4) is 22.3 Å². The van der Waals surface area contributed by atoms with E-state index >= 15 is 0 Å². The Labute approximate surface area is 263 Å². The molecule has 1 heterocycles. The van der Waals surface area contributed by atoms with E-state index in [1.165, 1.54) is 32.7 Å². The van der Waals surface area contributed by atoms with Crippen LogP contribution in [0.3, 0.4) is 0 Å². The van der Waals surface area contributed by atoms with Crippen molar-refractivity contribution < 1.29 is 0 Å². The van der Waals surface area contributed by atoms with Gasteiger partial charge in [0.2, 0.25) is 0 Å². The Bertz CT molecular complexity index is 2160. The quantitative estimate of drug-likeness (QED) is 0.110. The first-order valence-electron chi connectivity index (χ1n) is 15.1. The second-order valence-corrected chi connectivity index (χ2v) is 11.0. The number of rotatable bonds is 6. The molecule has 7 rings (SSSR count). The number of aliphatic imine (C=N–C) groups is 2. The third-order valence-electron chi connectivity index (χ3n) is 8.10. The maximum Gasteiger partial charge on any atom is 0.160 e. The molecule has 0 spiro atoms. The van der Waals surface area contributed by atoms with Gasteiger partial charge in [0.15, 0.2) is 5.84 Å². The molecule has 6 aromatic carbocycles. The van der Waals surface area contributed by atoms with Crippen LogP contribution in [0.15, 0.2) is 175 Å². The standard InChI is InChI=1S/C42H31N3/c1-29(31-15-5-3-6-16-31)44-42(32-17-7-4-8-18-32)45-30(2)33-19-13-20-34(27-33)40-36-22-9-11-24-38(36)41(35-21-14-26-43-28-35)39-25-12-10-23-37(39)40/h3-28H,2H2,1H3. The fourth-order valence-electron chi connectivity index (χ4n) is 5.95. The fraction of sp³-hybridized carbons (Fsp3) is 0.0238. The Hall–Kier alpha value is -5.93. The van der Waals surface area contributed by atoms with Crippen molar-refractivity contribution in [1.29, 1.82) is 0 Å². The molecule has 0 aliphatic heterocycles. The van der Waals surface area contributed by atoms with E-state index in [0.29, 0.717) is 11.5 Å². The summed E-state index contributed by atoms with van der Waals surface area (Å²) in [6.45, 7) is 6.44. The van der Waals surface area contributed by atoms with Crippen LogP contribution in [0.25, 0.3) is 49.5 Å². The lowest BCUT2D eigenvalue weighted by Gasteiger charge is -2.18. The summed E-state index contributed by atoms with van der Waals surface area (Å²) < 4.78 is 0. The normalized spacial score (nSPS) is 12.0. The number of pyridine rings is 1. The maximum absolute atomic E-state index is 5.02. The fourth-order valence-corrected chi connectivity index (χ4v) is 5.95. The molecule has 3 heteroatoms. The SMILES string of the molecule is C=C(N=C(N=C(C)c1ccccc1)c1ccccc1)c1cccc(-c2c3ccccc3c(-c3cccnc3)c3ccccc23)c1. The first-order valence-corrected chi connectivity index (χ1v) is 15.1. The van der Waals surface area contributed by atoms with Gasteiger partial charge in [-0.05, 0) is 62.9 Å². The molecule has 0 unspecified atom stereocenters. The van der Waals surface area contributed by atoms with Crippen molar-refractivity contribution in [3.63, 3.8) is 0 Å². The summed E-state index contributed by atoms with van der Waals surface area (Å²) in [6, 6.07) is 50.2. The molecule has 3 nitrogen and oxygen atoms in total. The van der Waals surface area contributed by atoms with Crippen molar-refractivity contribution in [3.05, 3.63) is 181 Å². The highest BCUT2D eigenvalue weighted by atomic mass is 14.9. The van der Waals surface area contributed by atoms with Crippen molar-refractivity contribution in [2.45, 2.75) is 6.92 Å². The number of amidine groups is 1. The van der Waals surface area contributed by atoms with Crippen LogP contribution < -0.4 is 0 Å². The van der Waals surface area contributed by atoms with Gasteiger partial charge in [-0.15, -0.1) is 0 Å². The van der Waals surface area contributed by atoms with Crippen LogP contribution >= 0.6 is 0 Å². The molecule has 45 heavy (non-hydrogen) atoms. The number of aromatic nitrogens is 1. The molecule has 0 atom stereocenters. The average Bonchev–Trinajstić information content (AvgIpc) is 3.11. The van der Waals surface area contributed by atoms with Crippen LogP contribution in [-0.4, -0.2) is 16.5 Å². The van der Waals surface area contributed by atoms with E-state index in [1.54, 1.807) is 0 Å². The Balaban J connectivity index is 1.37. The van der Waals surface area contributed by atoms with Crippen LogP contribution in [0.1, 0.15) is 23.6 Å². The van der Waals surface area contributed by atoms with E-state index in [4.69, 9.17) is 9.98 Å². The van der Waals surface area contributed by atoms with Gasteiger partial charge in [-0.25, -0.2) is 9.98 Å². The Kier molecular flexibility index (Phi) is 7.65. The number of fused-ring (bicyclic) bond motifs is 2. The monoisotopic (exact) mass is 577 g/mol. The lowest BCUT2D eigenvalue weighted by atomic mass is 9.86. The molecule has 0 bridgehead atoms. The molecule has 0 amide bonds. The summed E-state index contributed by atoms with van der Waals surface area (Å²) in [7, 11) is 0. The molecule has 0 saturated carbocycles. The second kappa shape index (κ2) is 12.4. The Morgan fingerprint density at radius 2 is 1.02 bits per heavy atom. The lowest BCUT2D eigenvalue weighted by molar-refractivity contribution is 1.33. The molecule has 7 aromatic rings.